The lowest BCUT2D eigenvalue weighted by Gasteiger charge is -2.25. The zero-order chi connectivity index (χ0) is 34.1. The Balaban J connectivity index is 1.68. The van der Waals surface area contributed by atoms with Crippen LogP contribution in [0.5, 0.6) is 11.5 Å². The van der Waals surface area contributed by atoms with Gasteiger partial charge in [0.1, 0.15) is 11.8 Å². The predicted octanol–water partition coefficient (Wildman–Crippen LogP) is 10.4. The fourth-order valence-electron chi connectivity index (χ4n) is 4.92. The number of nitrogens with one attached hydrogen (secondary N) is 1. The third-order valence-electron chi connectivity index (χ3n) is 7.47. The van der Waals surface area contributed by atoms with E-state index in [1.807, 2.05) is 0 Å². The SMILES string of the molecule is CCCCCCCCCCCCCCOC(=O)[C@H](Cc1ccccc1)N[P@@](=O)(Oc1ccccc1)Oc1c(F)c(F)c(F)c(F)c1F. The molecule has 0 aliphatic heterocycles. The molecular weight excluding hydrogens is 640 g/mol. The summed E-state index contributed by atoms with van der Waals surface area (Å²) in [7, 11) is -5.08. The van der Waals surface area contributed by atoms with Gasteiger partial charge in [0.15, 0.2) is 0 Å². The molecule has 2 atom stereocenters. The van der Waals surface area contributed by atoms with Crippen molar-refractivity contribution in [3.8, 4) is 11.5 Å². The van der Waals surface area contributed by atoms with E-state index in [9.17, 15) is 31.3 Å². The van der Waals surface area contributed by atoms with Gasteiger partial charge < -0.3 is 13.8 Å². The molecule has 0 aromatic heterocycles. The molecule has 1 N–H and O–H groups in total. The van der Waals surface area contributed by atoms with Crippen LogP contribution >= 0.6 is 7.75 Å². The Morgan fingerprint density at radius 1 is 0.660 bits per heavy atom. The van der Waals surface area contributed by atoms with Crippen LogP contribution in [-0.2, 0) is 20.5 Å². The molecule has 47 heavy (non-hydrogen) atoms. The smallest absolute Gasteiger partial charge is 0.465 e. The van der Waals surface area contributed by atoms with E-state index in [0.29, 0.717) is 12.0 Å². The van der Waals surface area contributed by atoms with E-state index < -0.39 is 54.6 Å². The highest BCUT2D eigenvalue weighted by Crippen LogP contribution is 2.48. The lowest BCUT2D eigenvalue weighted by Crippen LogP contribution is -2.40. The van der Waals surface area contributed by atoms with Crippen LogP contribution in [0.15, 0.2) is 60.7 Å². The molecule has 3 aromatic carbocycles. The molecule has 3 rings (SSSR count). The molecule has 0 unspecified atom stereocenters. The monoisotopic (exact) mass is 683 g/mol. The third-order valence-corrected chi connectivity index (χ3v) is 8.98. The van der Waals surface area contributed by atoms with Crippen LogP contribution in [0.2, 0.25) is 0 Å². The van der Waals surface area contributed by atoms with Gasteiger partial charge in [0.25, 0.3) is 0 Å². The van der Waals surface area contributed by atoms with Crippen LogP contribution in [-0.4, -0.2) is 18.6 Å². The van der Waals surface area contributed by atoms with Crippen LogP contribution < -0.4 is 14.1 Å². The van der Waals surface area contributed by atoms with Crippen molar-refractivity contribution in [3.63, 3.8) is 0 Å². The van der Waals surface area contributed by atoms with Crippen LogP contribution in [0.3, 0.4) is 0 Å². The number of carbonyl (C=O) groups excluding carboxylic acids is 1. The number of hydrogen-bond donors (Lipinski definition) is 1. The number of ether oxygens (including phenoxy) is 1. The molecule has 0 heterocycles. The van der Waals surface area contributed by atoms with Gasteiger partial charge in [-0.1, -0.05) is 126 Å². The molecule has 258 valence electrons. The molecule has 0 amide bonds. The van der Waals surface area contributed by atoms with Crippen molar-refractivity contribution in [1.29, 1.82) is 0 Å². The summed E-state index contributed by atoms with van der Waals surface area (Å²) in [4.78, 5) is 13.3. The Hall–Kier alpha value is -3.43. The van der Waals surface area contributed by atoms with E-state index in [1.54, 1.807) is 36.4 Å². The number of rotatable bonds is 22. The van der Waals surface area contributed by atoms with Gasteiger partial charge in [-0.3, -0.25) is 4.79 Å². The average Bonchev–Trinajstić information content (AvgIpc) is 3.07. The van der Waals surface area contributed by atoms with Gasteiger partial charge in [0, 0.05) is 0 Å². The quantitative estimate of drug-likeness (QED) is 0.0284. The Bertz CT molecular complexity index is 1400. The highest BCUT2D eigenvalue weighted by molar-refractivity contribution is 7.52. The first kappa shape index (κ1) is 38.0. The van der Waals surface area contributed by atoms with Gasteiger partial charge in [0.05, 0.1) is 6.61 Å². The second-order valence-electron chi connectivity index (χ2n) is 11.3. The van der Waals surface area contributed by atoms with Crippen molar-refractivity contribution < 1.29 is 45.1 Å². The predicted molar refractivity (Wildman–Crippen MR) is 171 cm³/mol. The molecule has 6 nitrogen and oxygen atoms in total. The highest BCUT2D eigenvalue weighted by Gasteiger charge is 2.39. The third kappa shape index (κ3) is 12.6. The number of carbonyl (C=O) groups is 1. The normalized spacial score (nSPS) is 13.1. The van der Waals surface area contributed by atoms with Crippen molar-refractivity contribution in [2.75, 3.05) is 6.61 Å². The molecule has 12 heteroatoms. The Kier molecular flexibility index (Phi) is 16.2. The first-order chi connectivity index (χ1) is 22.6. The fourth-order valence-corrected chi connectivity index (χ4v) is 6.44. The fraction of sp³-hybridized carbons (Fsp3) is 0.457. The summed E-state index contributed by atoms with van der Waals surface area (Å²) in [5.41, 5.74) is 0.592. The minimum Gasteiger partial charge on any atom is -0.465 e. The van der Waals surface area contributed by atoms with E-state index in [2.05, 4.69) is 12.0 Å². The summed E-state index contributed by atoms with van der Waals surface area (Å²) < 4.78 is 101. The molecule has 0 aliphatic rings. The maximum absolute atomic E-state index is 14.6. The number of para-hydroxylation sites is 1. The second kappa shape index (κ2) is 20.1. The Morgan fingerprint density at radius 3 is 1.66 bits per heavy atom. The summed E-state index contributed by atoms with van der Waals surface area (Å²) in [5, 5.41) is 2.34. The Labute approximate surface area is 273 Å². The molecule has 0 saturated carbocycles. The van der Waals surface area contributed by atoms with E-state index in [1.165, 1.54) is 69.2 Å². The van der Waals surface area contributed by atoms with Crippen LogP contribution in [0.4, 0.5) is 22.0 Å². The van der Waals surface area contributed by atoms with Crippen molar-refractivity contribution >= 4 is 13.7 Å². The largest absolute Gasteiger partial charge is 0.513 e. The maximum atomic E-state index is 14.6. The first-order valence-corrected chi connectivity index (χ1v) is 17.7. The zero-order valence-corrected chi connectivity index (χ0v) is 27.5. The van der Waals surface area contributed by atoms with E-state index in [0.717, 1.165) is 25.7 Å². The molecule has 0 aliphatic carbocycles. The van der Waals surface area contributed by atoms with Gasteiger partial charge in [-0.2, -0.15) is 13.9 Å². The standard InChI is InChI=1S/C35H43F5NO5P/c1-2-3-4-5-6-7-8-9-10-11-12-19-24-44-35(42)28(25-26-20-15-13-16-21-26)41-47(43,45-27-22-17-14-18-23-27)46-34-32(39)30(37)29(36)31(38)33(34)40/h13-18,20-23,28H,2-12,19,24-25H2,1H3,(H,41,43)/t28-,47+/m0/s1. The summed E-state index contributed by atoms with van der Waals surface area (Å²) in [5.74, 6) is -14.5. The van der Waals surface area contributed by atoms with Crippen LogP contribution in [0.1, 0.15) is 89.5 Å². The highest BCUT2D eigenvalue weighted by atomic mass is 31.2. The minimum absolute atomic E-state index is 0.0611. The number of benzene rings is 3. The molecule has 0 radical (unpaired) electrons. The van der Waals surface area contributed by atoms with E-state index in [-0.39, 0.29) is 18.8 Å². The van der Waals surface area contributed by atoms with Crippen molar-refractivity contribution in [2.24, 2.45) is 0 Å². The van der Waals surface area contributed by atoms with Gasteiger partial charge in [0.2, 0.25) is 34.8 Å². The second-order valence-corrected chi connectivity index (χ2v) is 12.9. The molecular formula is C35H43F5NO5P. The topological polar surface area (TPSA) is 73.9 Å². The van der Waals surface area contributed by atoms with E-state index in [4.69, 9.17) is 13.8 Å². The lowest BCUT2D eigenvalue weighted by atomic mass is 10.1. The first-order valence-electron chi connectivity index (χ1n) is 16.2. The van der Waals surface area contributed by atoms with Gasteiger partial charge >= 0.3 is 13.7 Å². The minimum atomic E-state index is -5.08. The van der Waals surface area contributed by atoms with Gasteiger partial charge in [-0.15, -0.1) is 0 Å². The van der Waals surface area contributed by atoms with Crippen molar-refractivity contribution in [1.82, 2.24) is 5.09 Å². The maximum Gasteiger partial charge on any atom is 0.513 e. The number of esters is 1. The molecule has 0 bridgehead atoms. The summed E-state index contributed by atoms with van der Waals surface area (Å²) in [6.45, 7) is 2.26. The van der Waals surface area contributed by atoms with Crippen LogP contribution in [0, 0.1) is 29.1 Å². The lowest BCUT2D eigenvalue weighted by molar-refractivity contribution is -0.145. The summed E-state index contributed by atoms with van der Waals surface area (Å²) in [6.07, 6.45) is 13.3. The molecule has 3 aromatic rings. The van der Waals surface area contributed by atoms with Crippen molar-refractivity contribution in [3.05, 3.63) is 95.3 Å². The van der Waals surface area contributed by atoms with E-state index >= 15 is 0 Å². The number of halogens is 5. The van der Waals surface area contributed by atoms with Gasteiger partial charge in [-0.25, -0.2) is 17.7 Å². The average molecular weight is 684 g/mol. The molecule has 0 spiro atoms. The molecule has 0 saturated heterocycles. The molecule has 0 fully saturated rings. The summed E-state index contributed by atoms with van der Waals surface area (Å²) >= 11 is 0. The number of unbranched alkanes of at least 4 members (excludes halogenated alkanes) is 11. The van der Waals surface area contributed by atoms with Gasteiger partial charge in [-0.05, 0) is 30.5 Å². The summed E-state index contributed by atoms with van der Waals surface area (Å²) in [6, 6.07) is 14.3. The van der Waals surface area contributed by atoms with Crippen molar-refractivity contribution in [2.45, 2.75) is 96.4 Å². The zero-order valence-electron chi connectivity index (χ0n) is 26.6. The number of hydrogen-bond acceptors (Lipinski definition) is 5. The van der Waals surface area contributed by atoms with Crippen LogP contribution in [0.25, 0.3) is 0 Å². The Morgan fingerprint density at radius 2 is 1.13 bits per heavy atom.